The van der Waals surface area contributed by atoms with Crippen molar-refractivity contribution in [2.24, 2.45) is 0 Å². The number of hydrogen-bond donors (Lipinski definition) is 1. The number of benzene rings is 1. The van der Waals surface area contributed by atoms with Gasteiger partial charge in [0.15, 0.2) is 0 Å². The largest absolute Gasteiger partial charge is 0.496 e. The smallest absolute Gasteiger partial charge is 0.146 e. The molecule has 0 saturated carbocycles. The zero-order chi connectivity index (χ0) is 14.4. The van der Waals surface area contributed by atoms with Gasteiger partial charge in [-0.05, 0) is 30.7 Å². The summed E-state index contributed by atoms with van der Waals surface area (Å²) >= 11 is 0. The van der Waals surface area contributed by atoms with Crippen LogP contribution in [0.15, 0.2) is 42.7 Å². The molecule has 0 spiro atoms. The third-order valence-electron chi connectivity index (χ3n) is 3.25. The third kappa shape index (κ3) is 3.33. The lowest BCUT2D eigenvalue weighted by atomic mass is 9.98. The van der Waals surface area contributed by atoms with Gasteiger partial charge < -0.3 is 10.1 Å². The Morgan fingerprint density at radius 2 is 2.10 bits per heavy atom. The topological polar surface area (TPSA) is 34.1 Å². The van der Waals surface area contributed by atoms with Crippen LogP contribution in [0.4, 0.5) is 4.39 Å². The summed E-state index contributed by atoms with van der Waals surface area (Å²) in [7, 11) is 1.65. The van der Waals surface area contributed by atoms with Gasteiger partial charge in [0.25, 0.3) is 0 Å². The molecule has 4 heteroatoms. The molecule has 0 fully saturated rings. The molecule has 1 aromatic carbocycles. The molecular formula is C16H19FN2O. The van der Waals surface area contributed by atoms with Gasteiger partial charge in [-0.3, -0.25) is 4.98 Å². The first-order valence-corrected chi connectivity index (χ1v) is 6.71. The fourth-order valence-corrected chi connectivity index (χ4v) is 2.30. The number of nitrogens with one attached hydrogen (secondary N) is 1. The maximum atomic E-state index is 13.9. The van der Waals surface area contributed by atoms with Crippen molar-refractivity contribution in [3.63, 3.8) is 0 Å². The molecule has 20 heavy (non-hydrogen) atoms. The number of pyridine rings is 1. The Bertz CT molecular complexity index is 560. The fraction of sp³-hybridized carbons (Fsp3) is 0.312. The molecular weight excluding hydrogens is 255 g/mol. The van der Waals surface area contributed by atoms with Crippen molar-refractivity contribution in [3.05, 3.63) is 59.7 Å². The van der Waals surface area contributed by atoms with Gasteiger partial charge in [-0.1, -0.05) is 25.1 Å². The van der Waals surface area contributed by atoms with E-state index < -0.39 is 0 Å². The van der Waals surface area contributed by atoms with E-state index in [1.807, 2.05) is 31.2 Å². The molecule has 2 aromatic rings. The van der Waals surface area contributed by atoms with Gasteiger partial charge >= 0.3 is 0 Å². The second-order valence-corrected chi connectivity index (χ2v) is 4.52. The Morgan fingerprint density at radius 3 is 2.80 bits per heavy atom. The third-order valence-corrected chi connectivity index (χ3v) is 3.25. The minimum atomic E-state index is -0.284. The number of aromatic nitrogens is 1. The highest BCUT2D eigenvalue weighted by Crippen LogP contribution is 2.25. The van der Waals surface area contributed by atoms with Crippen LogP contribution >= 0.6 is 0 Å². The van der Waals surface area contributed by atoms with Crippen LogP contribution in [-0.2, 0) is 6.42 Å². The van der Waals surface area contributed by atoms with Crippen molar-refractivity contribution < 1.29 is 9.13 Å². The molecule has 1 N–H and O–H groups in total. The predicted molar refractivity (Wildman–Crippen MR) is 77.3 cm³/mol. The normalized spacial score (nSPS) is 12.2. The molecule has 0 aliphatic carbocycles. The quantitative estimate of drug-likeness (QED) is 0.878. The summed E-state index contributed by atoms with van der Waals surface area (Å²) < 4.78 is 19.3. The number of rotatable bonds is 6. The van der Waals surface area contributed by atoms with Crippen LogP contribution in [0.5, 0.6) is 5.75 Å². The number of likely N-dealkylation sites (N-methyl/N-ethyl adjacent to an activating group) is 1. The van der Waals surface area contributed by atoms with Gasteiger partial charge in [-0.25, -0.2) is 4.39 Å². The highest BCUT2D eigenvalue weighted by Gasteiger charge is 2.17. The average Bonchev–Trinajstić information content (AvgIpc) is 2.48. The Kier molecular flexibility index (Phi) is 5.07. The maximum Gasteiger partial charge on any atom is 0.146 e. The van der Waals surface area contributed by atoms with Crippen molar-refractivity contribution in [1.82, 2.24) is 10.3 Å². The average molecular weight is 274 g/mol. The van der Waals surface area contributed by atoms with Gasteiger partial charge in [-0.2, -0.15) is 0 Å². The van der Waals surface area contributed by atoms with E-state index >= 15 is 0 Å². The SMILES string of the molecule is CCNC(Cc1ccccc1OC)c1ccncc1F. The van der Waals surface area contributed by atoms with Crippen LogP contribution in [0.2, 0.25) is 0 Å². The molecule has 1 aromatic heterocycles. The number of halogens is 1. The van der Waals surface area contributed by atoms with Crippen LogP contribution in [0, 0.1) is 5.82 Å². The number of ether oxygens (including phenoxy) is 1. The van der Waals surface area contributed by atoms with Crippen LogP contribution < -0.4 is 10.1 Å². The second kappa shape index (κ2) is 7.01. The molecule has 1 unspecified atom stereocenters. The molecule has 0 amide bonds. The summed E-state index contributed by atoms with van der Waals surface area (Å²) in [6, 6.07) is 9.43. The molecule has 3 nitrogen and oxygen atoms in total. The van der Waals surface area contributed by atoms with Crippen LogP contribution in [0.3, 0.4) is 0 Å². The van der Waals surface area contributed by atoms with Gasteiger partial charge in [0, 0.05) is 17.8 Å². The van der Waals surface area contributed by atoms with Gasteiger partial charge in [-0.15, -0.1) is 0 Å². The van der Waals surface area contributed by atoms with Crippen LogP contribution in [0.25, 0.3) is 0 Å². The van der Waals surface area contributed by atoms with Crippen molar-refractivity contribution >= 4 is 0 Å². The van der Waals surface area contributed by atoms with E-state index in [0.717, 1.165) is 17.9 Å². The standard InChI is InChI=1S/C16H19FN2O/c1-3-19-15(13-8-9-18-11-14(13)17)10-12-6-4-5-7-16(12)20-2/h4-9,11,15,19H,3,10H2,1-2H3. The Labute approximate surface area is 118 Å². The first kappa shape index (κ1) is 14.5. The molecule has 1 atom stereocenters. The zero-order valence-corrected chi connectivity index (χ0v) is 11.8. The lowest BCUT2D eigenvalue weighted by molar-refractivity contribution is 0.404. The van der Waals surface area contributed by atoms with E-state index in [-0.39, 0.29) is 11.9 Å². The van der Waals surface area contributed by atoms with E-state index in [1.54, 1.807) is 19.4 Å². The summed E-state index contributed by atoms with van der Waals surface area (Å²) in [4.78, 5) is 3.80. The van der Waals surface area contributed by atoms with Gasteiger partial charge in [0.05, 0.1) is 13.3 Å². The number of nitrogens with zero attached hydrogens (tertiary/aromatic N) is 1. The van der Waals surface area contributed by atoms with E-state index in [0.29, 0.717) is 12.0 Å². The maximum absolute atomic E-state index is 13.9. The van der Waals surface area contributed by atoms with E-state index in [1.165, 1.54) is 6.20 Å². The Morgan fingerprint density at radius 1 is 1.30 bits per heavy atom. The lowest BCUT2D eigenvalue weighted by Crippen LogP contribution is -2.24. The predicted octanol–water partition coefficient (Wildman–Crippen LogP) is 3.12. The number of methoxy groups -OCH3 is 1. The van der Waals surface area contributed by atoms with Gasteiger partial charge in [0.1, 0.15) is 11.6 Å². The van der Waals surface area contributed by atoms with Crippen molar-refractivity contribution in [2.45, 2.75) is 19.4 Å². The molecule has 2 rings (SSSR count). The number of para-hydroxylation sites is 1. The first-order chi connectivity index (χ1) is 9.76. The summed E-state index contributed by atoms with van der Waals surface area (Å²) in [6.07, 6.45) is 3.53. The highest BCUT2D eigenvalue weighted by molar-refractivity contribution is 5.35. The summed E-state index contributed by atoms with van der Waals surface area (Å²) in [5.41, 5.74) is 1.69. The molecule has 0 aliphatic rings. The van der Waals surface area contributed by atoms with Crippen molar-refractivity contribution in [2.75, 3.05) is 13.7 Å². The fourth-order valence-electron chi connectivity index (χ4n) is 2.30. The molecule has 0 bridgehead atoms. The molecule has 0 saturated heterocycles. The number of hydrogen-bond acceptors (Lipinski definition) is 3. The van der Waals surface area contributed by atoms with Crippen molar-refractivity contribution in [1.29, 1.82) is 0 Å². The second-order valence-electron chi connectivity index (χ2n) is 4.52. The Balaban J connectivity index is 2.28. The molecule has 0 aliphatic heterocycles. The van der Waals surface area contributed by atoms with Crippen LogP contribution in [0.1, 0.15) is 24.1 Å². The summed E-state index contributed by atoms with van der Waals surface area (Å²) in [6.45, 7) is 2.77. The lowest BCUT2D eigenvalue weighted by Gasteiger charge is -2.20. The van der Waals surface area contributed by atoms with Crippen LogP contribution in [-0.4, -0.2) is 18.6 Å². The van der Waals surface area contributed by atoms with E-state index in [2.05, 4.69) is 10.3 Å². The summed E-state index contributed by atoms with van der Waals surface area (Å²) in [5.74, 6) is 0.540. The Hall–Kier alpha value is -1.94. The molecule has 1 heterocycles. The van der Waals surface area contributed by atoms with E-state index in [9.17, 15) is 4.39 Å². The minimum absolute atomic E-state index is 0.0979. The minimum Gasteiger partial charge on any atom is -0.496 e. The summed E-state index contributed by atoms with van der Waals surface area (Å²) in [5, 5.41) is 3.32. The van der Waals surface area contributed by atoms with E-state index in [4.69, 9.17) is 4.74 Å². The highest BCUT2D eigenvalue weighted by atomic mass is 19.1. The van der Waals surface area contributed by atoms with Gasteiger partial charge in [0.2, 0.25) is 0 Å². The molecule has 106 valence electrons. The van der Waals surface area contributed by atoms with Crippen molar-refractivity contribution in [3.8, 4) is 5.75 Å². The molecule has 0 radical (unpaired) electrons. The zero-order valence-electron chi connectivity index (χ0n) is 11.8. The first-order valence-electron chi connectivity index (χ1n) is 6.71. The monoisotopic (exact) mass is 274 g/mol.